The van der Waals surface area contributed by atoms with Gasteiger partial charge in [0.05, 0.1) is 5.57 Å². The molecule has 1 aliphatic rings. The number of carbonyl (C=O) groups is 2. The Morgan fingerprint density at radius 2 is 1.90 bits per heavy atom. The van der Waals surface area contributed by atoms with E-state index in [2.05, 4.69) is 11.1 Å². The molecule has 2 atom stereocenters. The lowest BCUT2D eigenvalue weighted by Gasteiger charge is -2.31. The molecular formula is C11H15O9P. The maximum Gasteiger partial charge on any atom is 0.470 e. The average molecular weight is 322 g/mol. The molecule has 0 saturated heterocycles. The number of carboxylic acid groups (broad SMARTS) is 2. The second-order valence-corrected chi connectivity index (χ2v) is 5.70. The molecule has 0 bridgehead atoms. The van der Waals surface area contributed by atoms with Crippen molar-refractivity contribution in [3.05, 3.63) is 23.7 Å². The fourth-order valence-electron chi connectivity index (χ4n) is 1.88. The topological polar surface area (TPSA) is 151 Å². The number of hydrogen-bond donors (Lipinski definition) is 4. The zero-order valence-electron chi connectivity index (χ0n) is 11.1. The highest BCUT2D eigenvalue weighted by atomic mass is 31.2. The molecule has 0 spiro atoms. The van der Waals surface area contributed by atoms with Gasteiger partial charge in [-0.15, -0.1) is 0 Å². The van der Waals surface area contributed by atoms with Crippen LogP contribution in [0.2, 0.25) is 0 Å². The second kappa shape index (κ2) is 6.40. The molecule has 21 heavy (non-hydrogen) atoms. The number of aliphatic carboxylic acids is 2. The third kappa shape index (κ3) is 4.68. The van der Waals surface area contributed by atoms with E-state index < -0.39 is 43.3 Å². The predicted molar refractivity (Wildman–Crippen MR) is 67.8 cm³/mol. The maximum atomic E-state index is 11.2. The molecule has 0 radical (unpaired) electrons. The maximum absolute atomic E-state index is 11.2. The standard InChI is InChI=1S/C11H15O9P/c1-5-3-4-7(11(14)15)9(19-6(2)10(12)13)8(5)20-21(16,17)18/h5,8H,2-4H2,1H3,(H,12,13)(H,14,15)(H2,16,17,18). The van der Waals surface area contributed by atoms with Crippen LogP contribution in [0.25, 0.3) is 0 Å². The first kappa shape index (κ1) is 17.4. The van der Waals surface area contributed by atoms with E-state index in [1.54, 1.807) is 6.92 Å². The van der Waals surface area contributed by atoms with E-state index in [4.69, 9.17) is 24.7 Å². The SMILES string of the molecule is C=C(OC1=C(C(=O)O)CCC(C)C1OP(=O)(O)O)C(=O)O. The summed E-state index contributed by atoms with van der Waals surface area (Å²) in [5, 5.41) is 17.8. The van der Waals surface area contributed by atoms with Crippen molar-refractivity contribution in [2.75, 3.05) is 0 Å². The van der Waals surface area contributed by atoms with Crippen LogP contribution < -0.4 is 0 Å². The lowest BCUT2D eigenvalue weighted by Crippen LogP contribution is -2.32. The molecule has 0 aliphatic heterocycles. The van der Waals surface area contributed by atoms with Gasteiger partial charge in [-0.1, -0.05) is 6.92 Å². The second-order valence-electron chi connectivity index (χ2n) is 4.51. The molecule has 1 aliphatic carbocycles. The number of rotatable bonds is 6. The van der Waals surface area contributed by atoms with Crippen LogP contribution >= 0.6 is 7.82 Å². The summed E-state index contributed by atoms with van der Waals surface area (Å²) < 4.78 is 20.4. The van der Waals surface area contributed by atoms with E-state index in [1.807, 2.05) is 0 Å². The monoisotopic (exact) mass is 322 g/mol. The van der Waals surface area contributed by atoms with Gasteiger partial charge in [-0.3, -0.25) is 4.52 Å². The highest BCUT2D eigenvalue weighted by Gasteiger charge is 2.39. The number of hydrogen-bond acceptors (Lipinski definition) is 5. The highest BCUT2D eigenvalue weighted by molar-refractivity contribution is 7.46. The number of carboxylic acids is 2. The lowest BCUT2D eigenvalue weighted by molar-refractivity contribution is -0.137. The molecule has 0 aromatic rings. The van der Waals surface area contributed by atoms with Crippen LogP contribution in [-0.2, 0) is 23.4 Å². The molecule has 10 heteroatoms. The van der Waals surface area contributed by atoms with Gasteiger partial charge in [0.15, 0.2) is 0 Å². The zero-order chi connectivity index (χ0) is 16.4. The van der Waals surface area contributed by atoms with E-state index in [0.717, 1.165) is 0 Å². The van der Waals surface area contributed by atoms with Gasteiger partial charge in [0.1, 0.15) is 11.9 Å². The van der Waals surface area contributed by atoms with E-state index in [0.29, 0.717) is 6.42 Å². The smallest absolute Gasteiger partial charge is 0.470 e. The van der Waals surface area contributed by atoms with Gasteiger partial charge in [0.25, 0.3) is 0 Å². The van der Waals surface area contributed by atoms with Gasteiger partial charge < -0.3 is 24.7 Å². The quantitative estimate of drug-likeness (QED) is 0.317. The van der Waals surface area contributed by atoms with E-state index >= 15 is 0 Å². The van der Waals surface area contributed by atoms with Crippen molar-refractivity contribution >= 4 is 19.8 Å². The van der Waals surface area contributed by atoms with Crippen LogP contribution in [0.15, 0.2) is 23.7 Å². The highest BCUT2D eigenvalue weighted by Crippen LogP contribution is 2.45. The minimum atomic E-state index is -4.92. The summed E-state index contributed by atoms with van der Waals surface area (Å²) in [6.45, 7) is 4.67. The van der Waals surface area contributed by atoms with Crippen LogP contribution in [0, 0.1) is 5.92 Å². The Labute approximate surface area is 119 Å². The summed E-state index contributed by atoms with van der Waals surface area (Å²) in [4.78, 5) is 39.7. The van der Waals surface area contributed by atoms with Crippen molar-refractivity contribution in [2.24, 2.45) is 5.92 Å². The van der Waals surface area contributed by atoms with Crippen LogP contribution in [0.5, 0.6) is 0 Å². The van der Waals surface area contributed by atoms with Gasteiger partial charge in [0.2, 0.25) is 5.76 Å². The zero-order valence-corrected chi connectivity index (χ0v) is 11.9. The van der Waals surface area contributed by atoms with Gasteiger partial charge >= 0.3 is 19.8 Å². The lowest BCUT2D eigenvalue weighted by atomic mass is 9.87. The summed E-state index contributed by atoms with van der Waals surface area (Å²) in [6, 6.07) is 0. The summed E-state index contributed by atoms with van der Waals surface area (Å²) in [7, 11) is -4.92. The van der Waals surface area contributed by atoms with Crippen molar-refractivity contribution in [1.82, 2.24) is 0 Å². The fourth-order valence-corrected chi connectivity index (χ4v) is 2.48. The molecule has 118 valence electrons. The van der Waals surface area contributed by atoms with Crippen LogP contribution in [0.3, 0.4) is 0 Å². The summed E-state index contributed by atoms with van der Waals surface area (Å²) >= 11 is 0. The minimum absolute atomic E-state index is 0.0553. The Kier molecular flexibility index (Phi) is 5.30. The Hall–Kier alpha value is -1.67. The van der Waals surface area contributed by atoms with E-state index in [-0.39, 0.29) is 12.0 Å². The van der Waals surface area contributed by atoms with Crippen LogP contribution in [0.1, 0.15) is 19.8 Å². The minimum Gasteiger partial charge on any atom is -0.478 e. The van der Waals surface area contributed by atoms with Crippen LogP contribution in [-0.4, -0.2) is 38.0 Å². The molecular weight excluding hydrogens is 307 g/mol. The van der Waals surface area contributed by atoms with E-state index in [1.165, 1.54) is 0 Å². The molecule has 0 fully saturated rings. The van der Waals surface area contributed by atoms with Crippen molar-refractivity contribution in [1.29, 1.82) is 0 Å². The van der Waals surface area contributed by atoms with Gasteiger partial charge in [0, 0.05) is 0 Å². The van der Waals surface area contributed by atoms with Gasteiger partial charge in [-0.25, -0.2) is 14.2 Å². The number of ether oxygens (including phenoxy) is 1. The predicted octanol–water partition coefficient (Wildman–Crippen LogP) is 0.848. The molecule has 0 heterocycles. The summed E-state index contributed by atoms with van der Waals surface area (Å²) in [5.41, 5.74) is -0.297. The molecule has 9 nitrogen and oxygen atoms in total. The first-order valence-electron chi connectivity index (χ1n) is 5.83. The Bertz CT molecular complexity index is 544. The molecule has 2 unspecified atom stereocenters. The van der Waals surface area contributed by atoms with Crippen LogP contribution in [0.4, 0.5) is 0 Å². The summed E-state index contributed by atoms with van der Waals surface area (Å²) in [5.74, 6) is -4.60. The molecule has 0 aromatic heterocycles. The Morgan fingerprint density at radius 1 is 1.33 bits per heavy atom. The normalized spacial score (nSPS) is 22.8. The Balaban J connectivity index is 3.24. The first-order chi connectivity index (χ1) is 9.53. The molecule has 0 amide bonds. The Morgan fingerprint density at radius 3 is 2.33 bits per heavy atom. The average Bonchev–Trinajstić information content (AvgIpc) is 2.31. The van der Waals surface area contributed by atoms with Crippen molar-refractivity contribution in [3.8, 4) is 0 Å². The van der Waals surface area contributed by atoms with E-state index in [9.17, 15) is 14.2 Å². The molecule has 0 saturated carbocycles. The van der Waals surface area contributed by atoms with Crippen molar-refractivity contribution in [3.63, 3.8) is 0 Å². The van der Waals surface area contributed by atoms with Gasteiger partial charge in [-0.2, -0.15) is 0 Å². The first-order valence-corrected chi connectivity index (χ1v) is 7.36. The summed E-state index contributed by atoms with van der Waals surface area (Å²) in [6.07, 6.45) is -1.03. The molecule has 1 rings (SSSR count). The fraction of sp³-hybridized carbons (Fsp3) is 0.455. The third-order valence-corrected chi connectivity index (χ3v) is 3.40. The number of phosphoric acid groups is 1. The number of phosphoric ester groups is 1. The van der Waals surface area contributed by atoms with Crippen molar-refractivity contribution in [2.45, 2.75) is 25.9 Å². The van der Waals surface area contributed by atoms with Crippen molar-refractivity contribution < 1.29 is 43.4 Å². The largest absolute Gasteiger partial charge is 0.478 e. The molecule has 0 aromatic carbocycles. The van der Waals surface area contributed by atoms with Gasteiger partial charge in [-0.05, 0) is 25.3 Å². The third-order valence-electron chi connectivity index (χ3n) is 2.90. The molecule has 4 N–H and O–H groups in total.